The van der Waals surface area contributed by atoms with Crippen molar-refractivity contribution < 1.29 is 14.0 Å². The Labute approximate surface area is 145 Å². The first-order valence-electron chi connectivity index (χ1n) is 8.13. The van der Waals surface area contributed by atoms with E-state index >= 15 is 0 Å². The Hall–Kier alpha value is -1.60. The minimum atomic E-state index is -0.508. The Morgan fingerprint density at radius 1 is 1.21 bits per heavy atom. The molecule has 1 aromatic rings. The molecule has 2 aliphatic heterocycles. The number of likely N-dealkylation sites (N-methyl/N-ethyl adjacent to an activating group) is 1. The summed E-state index contributed by atoms with van der Waals surface area (Å²) in [4.78, 5) is 30.8. The van der Waals surface area contributed by atoms with Crippen LogP contribution < -0.4 is 0 Å². The number of hydrogen-bond donors (Lipinski definition) is 0. The first kappa shape index (κ1) is 17.2. The maximum absolute atomic E-state index is 13.2. The number of carbonyl (C=O) groups is 2. The van der Waals surface area contributed by atoms with E-state index < -0.39 is 6.04 Å². The van der Waals surface area contributed by atoms with Crippen molar-refractivity contribution in [3.8, 4) is 0 Å². The van der Waals surface area contributed by atoms with Gasteiger partial charge in [-0.2, -0.15) is 0 Å². The summed E-state index contributed by atoms with van der Waals surface area (Å²) in [5, 5.41) is -0.232. The van der Waals surface area contributed by atoms with Crippen LogP contribution in [0.5, 0.6) is 0 Å². The third kappa shape index (κ3) is 3.42. The Morgan fingerprint density at radius 2 is 1.83 bits per heavy atom. The molecule has 0 aliphatic carbocycles. The van der Waals surface area contributed by atoms with Crippen LogP contribution in [-0.2, 0) is 9.59 Å². The molecule has 3 rings (SSSR count). The van der Waals surface area contributed by atoms with Crippen LogP contribution in [0.2, 0.25) is 0 Å². The number of carbonyl (C=O) groups excluding carboxylic acids is 2. The fourth-order valence-corrected chi connectivity index (χ4v) is 4.41. The van der Waals surface area contributed by atoms with Crippen molar-refractivity contribution in [1.29, 1.82) is 0 Å². The maximum atomic E-state index is 13.2. The quantitative estimate of drug-likeness (QED) is 0.829. The van der Waals surface area contributed by atoms with E-state index in [1.807, 2.05) is 11.9 Å². The highest BCUT2D eigenvalue weighted by Gasteiger charge is 2.40. The number of piperazine rings is 1. The van der Waals surface area contributed by atoms with Gasteiger partial charge in [0.2, 0.25) is 11.8 Å². The summed E-state index contributed by atoms with van der Waals surface area (Å²) in [6, 6.07) is 5.65. The Morgan fingerprint density at radius 3 is 2.46 bits per heavy atom. The van der Waals surface area contributed by atoms with Gasteiger partial charge >= 0.3 is 0 Å². The van der Waals surface area contributed by atoms with Gasteiger partial charge in [0.15, 0.2) is 0 Å². The number of thioether (sulfide) groups is 1. The van der Waals surface area contributed by atoms with Gasteiger partial charge in [-0.25, -0.2) is 4.39 Å². The predicted octanol–water partition coefficient (Wildman–Crippen LogP) is 1.56. The van der Waals surface area contributed by atoms with Crippen LogP contribution in [0.4, 0.5) is 4.39 Å². The standard InChI is InChI=1S/C17H22FN3O2S/c1-12(16(23)20-9-7-19(2)8-10-20)21-15(22)11-24-17(21)13-3-5-14(18)6-4-13/h3-6,12,17H,7-11H2,1-2H3/t12-,17+/m1/s1. The molecule has 2 saturated heterocycles. The van der Waals surface area contributed by atoms with Crippen molar-refractivity contribution in [2.24, 2.45) is 0 Å². The molecule has 5 nitrogen and oxygen atoms in total. The van der Waals surface area contributed by atoms with Gasteiger partial charge in [0.25, 0.3) is 0 Å². The van der Waals surface area contributed by atoms with Crippen molar-refractivity contribution in [3.05, 3.63) is 35.6 Å². The van der Waals surface area contributed by atoms with Crippen molar-refractivity contribution in [1.82, 2.24) is 14.7 Å². The van der Waals surface area contributed by atoms with Crippen LogP contribution in [0.1, 0.15) is 17.9 Å². The smallest absolute Gasteiger partial charge is 0.245 e. The van der Waals surface area contributed by atoms with Crippen LogP contribution in [0, 0.1) is 5.82 Å². The van der Waals surface area contributed by atoms with Gasteiger partial charge in [-0.3, -0.25) is 9.59 Å². The van der Waals surface area contributed by atoms with E-state index in [0.717, 1.165) is 18.7 Å². The monoisotopic (exact) mass is 351 g/mol. The van der Waals surface area contributed by atoms with Gasteiger partial charge in [0.1, 0.15) is 17.2 Å². The third-order valence-electron chi connectivity index (χ3n) is 4.65. The first-order valence-corrected chi connectivity index (χ1v) is 9.18. The van der Waals surface area contributed by atoms with Gasteiger partial charge in [-0.15, -0.1) is 11.8 Å². The van der Waals surface area contributed by atoms with E-state index in [1.54, 1.807) is 24.0 Å². The SMILES string of the molecule is C[C@H](C(=O)N1CCN(C)CC1)N1C(=O)CS[C@H]1c1ccc(F)cc1. The number of amides is 2. The lowest BCUT2D eigenvalue weighted by Crippen LogP contribution is -2.54. The Balaban J connectivity index is 1.75. The molecular weight excluding hydrogens is 329 g/mol. The van der Waals surface area contributed by atoms with Crippen LogP contribution >= 0.6 is 11.8 Å². The van der Waals surface area contributed by atoms with Crippen molar-refractivity contribution >= 4 is 23.6 Å². The fourth-order valence-electron chi connectivity index (χ4n) is 3.15. The number of halogens is 1. The maximum Gasteiger partial charge on any atom is 0.245 e. The third-order valence-corrected chi connectivity index (χ3v) is 5.88. The Kier molecular flexibility index (Phi) is 5.10. The van der Waals surface area contributed by atoms with Gasteiger partial charge < -0.3 is 14.7 Å². The van der Waals surface area contributed by atoms with E-state index in [4.69, 9.17) is 0 Å². The minimum absolute atomic E-state index is 0.00828. The van der Waals surface area contributed by atoms with E-state index in [1.165, 1.54) is 23.9 Å². The second kappa shape index (κ2) is 7.11. The minimum Gasteiger partial charge on any atom is -0.338 e. The van der Waals surface area contributed by atoms with Gasteiger partial charge in [-0.1, -0.05) is 12.1 Å². The number of benzene rings is 1. The number of hydrogen-bond acceptors (Lipinski definition) is 4. The highest BCUT2D eigenvalue weighted by molar-refractivity contribution is 8.00. The summed E-state index contributed by atoms with van der Waals surface area (Å²) in [6.07, 6.45) is 0. The zero-order chi connectivity index (χ0) is 17.3. The molecule has 1 aromatic carbocycles. The average Bonchev–Trinajstić information content (AvgIpc) is 2.96. The summed E-state index contributed by atoms with van der Waals surface area (Å²) >= 11 is 1.49. The number of nitrogens with zero attached hydrogens (tertiary/aromatic N) is 3. The van der Waals surface area contributed by atoms with Crippen LogP contribution in [0.3, 0.4) is 0 Å². The molecule has 0 N–H and O–H groups in total. The molecule has 7 heteroatoms. The molecule has 24 heavy (non-hydrogen) atoms. The molecule has 2 amide bonds. The van der Waals surface area contributed by atoms with Gasteiger partial charge in [0.05, 0.1) is 5.75 Å². The van der Waals surface area contributed by atoms with Crippen LogP contribution in [-0.4, -0.2) is 71.5 Å². The van der Waals surface area contributed by atoms with E-state index in [9.17, 15) is 14.0 Å². The summed E-state index contributed by atoms with van der Waals surface area (Å²) < 4.78 is 13.2. The molecule has 130 valence electrons. The molecule has 2 fully saturated rings. The number of rotatable bonds is 3. The molecule has 0 aromatic heterocycles. The largest absolute Gasteiger partial charge is 0.338 e. The van der Waals surface area contributed by atoms with Gasteiger partial charge in [0, 0.05) is 26.2 Å². The van der Waals surface area contributed by atoms with Crippen LogP contribution in [0.15, 0.2) is 24.3 Å². The van der Waals surface area contributed by atoms with Gasteiger partial charge in [-0.05, 0) is 31.7 Å². The fraction of sp³-hybridized carbons (Fsp3) is 0.529. The lowest BCUT2D eigenvalue weighted by molar-refractivity contribution is -0.145. The van der Waals surface area contributed by atoms with E-state index in [-0.39, 0.29) is 23.0 Å². The first-order chi connectivity index (χ1) is 11.5. The molecular formula is C17H22FN3O2S. The zero-order valence-corrected chi connectivity index (χ0v) is 14.8. The van der Waals surface area contributed by atoms with E-state index in [2.05, 4.69) is 4.90 Å². The topological polar surface area (TPSA) is 43.9 Å². The van der Waals surface area contributed by atoms with E-state index in [0.29, 0.717) is 18.8 Å². The van der Waals surface area contributed by atoms with Crippen molar-refractivity contribution in [2.45, 2.75) is 18.3 Å². The van der Waals surface area contributed by atoms with Crippen LogP contribution in [0.25, 0.3) is 0 Å². The Bertz CT molecular complexity index is 617. The summed E-state index contributed by atoms with van der Waals surface area (Å²) in [5.41, 5.74) is 0.852. The van der Waals surface area contributed by atoms with Crippen molar-refractivity contribution in [2.75, 3.05) is 39.0 Å². The molecule has 0 bridgehead atoms. The lowest BCUT2D eigenvalue weighted by atomic mass is 10.1. The highest BCUT2D eigenvalue weighted by Crippen LogP contribution is 2.40. The molecule has 2 heterocycles. The molecule has 0 spiro atoms. The highest BCUT2D eigenvalue weighted by atomic mass is 32.2. The summed E-state index contributed by atoms with van der Waals surface area (Å²) in [7, 11) is 2.04. The zero-order valence-electron chi connectivity index (χ0n) is 13.9. The van der Waals surface area contributed by atoms with Crippen molar-refractivity contribution in [3.63, 3.8) is 0 Å². The molecule has 2 atom stereocenters. The second-order valence-corrected chi connectivity index (χ2v) is 7.39. The second-order valence-electron chi connectivity index (χ2n) is 6.32. The molecule has 0 unspecified atom stereocenters. The molecule has 0 saturated carbocycles. The summed E-state index contributed by atoms with van der Waals surface area (Å²) in [5.74, 6) is -0.000814. The normalized spacial score (nSPS) is 23.6. The molecule has 2 aliphatic rings. The lowest BCUT2D eigenvalue weighted by Gasteiger charge is -2.37. The average molecular weight is 351 g/mol. The molecule has 0 radical (unpaired) electrons. The predicted molar refractivity (Wildman–Crippen MR) is 92.0 cm³/mol. The summed E-state index contributed by atoms with van der Waals surface area (Å²) in [6.45, 7) is 4.87.